The van der Waals surface area contributed by atoms with Crippen molar-refractivity contribution in [1.82, 2.24) is 10.3 Å². The van der Waals surface area contributed by atoms with E-state index in [4.69, 9.17) is 4.42 Å². The summed E-state index contributed by atoms with van der Waals surface area (Å²) in [5.41, 5.74) is 2.35. The van der Waals surface area contributed by atoms with Crippen molar-refractivity contribution in [2.75, 3.05) is 6.54 Å². The Bertz CT molecular complexity index is 495. The Kier molecular flexibility index (Phi) is 2.69. The molecule has 2 aromatic rings. The molecule has 2 heterocycles. The van der Waals surface area contributed by atoms with Gasteiger partial charge in [0.1, 0.15) is 0 Å². The van der Waals surface area contributed by atoms with Crippen molar-refractivity contribution < 1.29 is 4.42 Å². The summed E-state index contributed by atoms with van der Waals surface area (Å²) in [6.07, 6.45) is 4.14. The number of hydrogen-bond acceptors (Lipinski definition) is 3. The van der Waals surface area contributed by atoms with Crippen molar-refractivity contribution in [3.8, 4) is 11.3 Å². The molecule has 0 aliphatic carbocycles. The smallest absolute Gasteiger partial charge is 0.212 e. The summed E-state index contributed by atoms with van der Waals surface area (Å²) in [7, 11) is 0. The highest BCUT2D eigenvalue weighted by Crippen LogP contribution is 2.27. The average Bonchev–Trinajstić information content (AvgIpc) is 3.00. The van der Waals surface area contributed by atoms with Crippen molar-refractivity contribution >= 4 is 0 Å². The van der Waals surface area contributed by atoms with Gasteiger partial charge in [0, 0.05) is 5.56 Å². The van der Waals surface area contributed by atoms with Gasteiger partial charge in [-0.2, -0.15) is 0 Å². The van der Waals surface area contributed by atoms with E-state index >= 15 is 0 Å². The molecule has 1 aliphatic rings. The minimum atomic E-state index is 0.300. The summed E-state index contributed by atoms with van der Waals surface area (Å²) >= 11 is 0. The van der Waals surface area contributed by atoms with Gasteiger partial charge in [-0.15, -0.1) is 0 Å². The molecule has 0 saturated carbocycles. The van der Waals surface area contributed by atoms with Crippen LogP contribution >= 0.6 is 0 Å². The number of nitrogens with one attached hydrogen (secondary N) is 1. The summed E-state index contributed by atoms with van der Waals surface area (Å²) in [5.74, 6) is 1.67. The van der Waals surface area contributed by atoms with Crippen LogP contribution in [0.5, 0.6) is 0 Å². The lowest BCUT2D eigenvalue weighted by Crippen LogP contribution is -2.12. The molecule has 1 unspecified atom stereocenters. The van der Waals surface area contributed by atoms with Crippen LogP contribution in [0.1, 0.15) is 30.3 Å². The molecule has 1 aromatic carbocycles. The second kappa shape index (κ2) is 4.34. The summed E-state index contributed by atoms with van der Waals surface area (Å²) < 4.78 is 5.82. The summed E-state index contributed by atoms with van der Waals surface area (Å²) in [6, 6.07) is 8.62. The van der Waals surface area contributed by atoms with E-state index < -0.39 is 0 Å². The lowest BCUT2D eigenvalue weighted by molar-refractivity contribution is 0.437. The SMILES string of the molecule is Cc1ccc(-c2cnc(C3CCCN3)o2)cc1. The Hall–Kier alpha value is -1.61. The first-order valence-electron chi connectivity index (χ1n) is 6.09. The van der Waals surface area contributed by atoms with Gasteiger partial charge in [0.2, 0.25) is 5.89 Å². The van der Waals surface area contributed by atoms with Crippen LogP contribution in [0, 0.1) is 6.92 Å². The minimum absolute atomic E-state index is 0.300. The first kappa shape index (κ1) is 10.5. The monoisotopic (exact) mass is 228 g/mol. The van der Waals surface area contributed by atoms with E-state index in [-0.39, 0.29) is 0 Å². The Morgan fingerprint density at radius 1 is 1.29 bits per heavy atom. The van der Waals surface area contributed by atoms with E-state index in [1.807, 2.05) is 6.20 Å². The molecule has 1 N–H and O–H groups in total. The molecule has 3 heteroatoms. The fraction of sp³-hybridized carbons (Fsp3) is 0.357. The molecule has 1 aliphatic heterocycles. The highest BCUT2D eigenvalue weighted by Gasteiger charge is 2.21. The fourth-order valence-electron chi connectivity index (χ4n) is 2.20. The highest BCUT2D eigenvalue weighted by atomic mass is 16.4. The predicted octanol–water partition coefficient (Wildman–Crippen LogP) is 3.07. The van der Waals surface area contributed by atoms with Gasteiger partial charge in [-0.25, -0.2) is 4.98 Å². The van der Waals surface area contributed by atoms with Crippen molar-refractivity contribution in [3.63, 3.8) is 0 Å². The zero-order valence-corrected chi connectivity index (χ0v) is 9.94. The Balaban J connectivity index is 1.86. The normalized spacial score (nSPS) is 19.7. The van der Waals surface area contributed by atoms with Crippen molar-refractivity contribution in [2.24, 2.45) is 0 Å². The number of rotatable bonds is 2. The van der Waals surface area contributed by atoms with E-state index in [1.54, 1.807) is 0 Å². The van der Waals surface area contributed by atoms with Gasteiger partial charge in [-0.3, -0.25) is 0 Å². The van der Waals surface area contributed by atoms with E-state index in [9.17, 15) is 0 Å². The van der Waals surface area contributed by atoms with Crippen LogP contribution in [0.2, 0.25) is 0 Å². The van der Waals surface area contributed by atoms with Gasteiger partial charge < -0.3 is 9.73 Å². The maximum Gasteiger partial charge on any atom is 0.212 e. The molecular weight excluding hydrogens is 212 g/mol. The summed E-state index contributed by atoms with van der Waals surface area (Å²) in [4.78, 5) is 4.37. The molecule has 17 heavy (non-hydrogen) atoms. The molecule has 0 radical (unpaired) electrons. The van der Waals surface area contributed by atoms with Crippen LogP contribution in [-0.4, -0.2) is 11.5 Å². The van der Waals surface area contributed by atoms with Crippen LogP contribution in [0.3, 0.4) is 0 Å². The molecule has 1 saturated heterocycles. The van der Waals surface area contributed by atoms with Crippen molar-refractivity contribution in [2.45, 2.75) is 25.8 Å². The fourth-order valence-corrected chi connectivity index (χ4v) is 2.20. The van der Waals surface area contributed by atoms with Crippen molar-refractivity contribution in [3.05, 3.63) is 41.9 Å². The van der Waals surface area contributed by atoms with Crippen LogP contribution in [0.25, 0.3) is 11.3 Å². The molecule has 3 rings (SSSR count). The molecule has 1 atom stereocenters. The first-order chi connectivity index (χ1) is 8.33. The first-order valence-corrected chi connectivity index (χ1v) is 6.09. The number of oxazole rings is 1. The summed E-state index contributed by atoms with van der Waals surface area (Å²) in [6.45, 7) is 3.14. The average molecular weight is 228 g/mol. The maximum absolute atomic E-state index is 5.82. The molecule has 88 valence electrons. The van der Waals surface area contributed by atoms with Gasteiger partial charge in [-0.1, -0.05) is 29.8 Å². The van der Waals surface area contributed by atoms with E-state index in [2.05, 4.69) is 41.5 Å². The predicted molar refractivity (Wildman–Crippen MR) is 66.7 cm³/mol. The third-order valence-corrected chi connectivity index (χ3v) is 3.22. The van der Waals surface area contributed by atoms with Crippen molar-refractivity contribution in [1.29, 1.82) is 0 Å². The van der Waals surface area contributed by atoms with Gasteiger partial charge in [0.25, 0.3) is 0 Å². The molecule has 1 fully saturated rings. The zero-order chi connectivity index (χ0) is 11.7. The molecule has 0 amide bonds. The highest BCUT2D eigenvalue weighted by molar-refractivity contribution is 5.56. The van der Waals surface area contributed by atoms with Gasteiger partial charge in [-0.05, 0) is 26.3 Å². The third kappa shape index (κ3) is 2.11. The zero-order valence-electron chi connectivity index (χ0n) is 9.94. The van der Waals surface area contributed by atoms with Crippen LogP contribution < -0.4 is 5.32 Å². The van der Waals surface area contributed by atoms with Crippen LogP contribution in [-0.2, 0) is 0 Å². The number of nitrogens with zero attached hydrogens (tertiary/aromatic N) is 1. The van der Waals surface area contributed by atoms with Crippen LogP contribution in [0.4, 0.5) is 0 Å². The quantitative estimate of drug-likeness (QED) is 0.858. The second-order valence-electron chi connectivity index (χ2n) is 4.58. The molecular formula is C14H16N2O. The summed E-state index contributed by atoms with van der Waals surface area (Å²) in [5, 5.41) is 3.39. The largest absolute Gasteiger partial charge is 0.439 e. The molecule has 0 bridgehead atoms. The van der Waals surface area contributed by atoms with E-state index in [0.29, 0.717) is 6.04 Å². The Labute approximate surface area is 101 Å². The van der Waals surface area contributed by atoms with Gasteiger partial charge in [0.15, 0.2) is 5.76 Å². The molecule has 1 aromatic heterocycles. The molecule has 0 spiro atoms. The topological polar surface area (TPSA) is 38.1 Å². The number of aromatic nitrogens is 1. The van der Waals surface area contributed by atoms with Gasteiger partial charge in [0.05, 0.1) is 12.2 Å². The van der Waals surface area contributed by atoms with Crippen LogP contribution in [0.15, 0.2) is 34.9 Å². The Morgan fingerprint density at radius 2 is 2.12 bits per heavy atom. The third-order valence-electron chi connectivity index (χ3n) is 3.22. The van der Waals surface area contributed by atoms with E-state index in [1.165, 1.54) is 12.0 Å². The number of benzene rings is 1. The minimum Gasteiger partial charge on any atom is -0.439 e. The van der Waals surface area contributed by atoms with Gasteiger partial charge >= 0.3 is 0 Å². The molecule has 3 nitrogen and oxygen atoms in total. The lowest BCUT2D eigenvalue weighted by Gasteiger charge is -2.03. The van der Waals surface area contributed by atoms with E-state index in [0.717, 1.165) is 30.2 Å². The maximum atomic E-state index is 5.82. The standard InChI is InChI=1S/C14H16N2O/c1-10-4-6-11(7-5-10)13-9-16-14(17-13)12-3-2-8-15-12/h4-7,9,12,15H,2-3,8H2,1H3. The number of aryl methyl sites for hydroxylation is 1. The Morgan fingerprint density at radius 3 is 2.82 bits per heavy atom. The lowest BCUT2D eigenvalue weighted by atomic mass is 10.1. The number of hydrogen-bond donors (Lipinski definition) is 1. The second-order valence-corrected chi connectivity index (χ2v) is 4.58.